The molecule has 0 aliphatic carbocycles. The maximum atomic E-state index is 13.5. The second-order valence-corrected chi connectivity index (χ2v) is 10.6. The van der Waals surface area contributed by atoms with Crippen LogP contribution in [0.3, 0.4) is 0 Å². The third kappa shape index (κ3) is 9.33. The maximum Gasteiger partial charge on any atom is 0.407 e. The molecule has 0 bridgehead atoms. The Kier molecular flexibility index (Phi) is 11.5. The summed E-state index contributed by atoms with van der Waals surface area (Å²) in [6.45, 7) is 0.347. The quantitative estimate of drug-likeness (QED) is 0.110. The molecule has 238 valence electrons. The molecule has 4 amide bonds. The molecule has 45 heavy (non-hydrogen) atoms. The fourth-order valence-corrected chi connectivity index (χ4v) is 5.15. The number of nitrogens with zero attached hydrogens (tertiary/aromatic N) is 2. The van der Waals surface area contributed by atoms with Gasteiger partial charge in [0, 0.05) is 30.2 Å². The van der Waals surface area contributed by atoms with E-state index in [1.807, 2.05) is 60.7 Å². The molecule has 3 aromatic rings. The van der Waals surface area contributed by atoms with Crippen LogP contribution >= 0.6 is 0 Å². The molecule has 0 spiro atoms. The van der Waals surface area contributed by atoms with E-state index in [0.29, 0.717) is 37.2 Å². The first-order valence-corrected chi connectivity index (χ1v) is 14.7. The highest BCUT2D eigenvalue weighted by Crippen LogP contribution is 2.30. The van der Waals surface area contributed by atoms with E-state index in [2.05, 4.69) is 20.9 Å². The smallest absolute Gasteiger partial charge is 0.407 e. The fourth-order valence-electron chi connectivity index (χ4n) is 5.15. The highest BCUT2D eigenvalue weighted by Gasteiger charge is 2.36. The van der Waals surface area contributed by atoms with Gasteiger partial charge in [-0.2, -0.15) is 0 Å². The van der Waals surface area contributed by atoms with E-state index in [-0.39, 0.29) is 32.1 Å². The number of nitrogens with one attached hydrogen (secondary N) is 3. The summed E-state index contributed by atoms with van der Waals surface area (Å²) in [6.07, 6.45) is 0.935. The molecular weight excluding hydrogens is 578 g/mol. The molecule has 0 aromatic heterocycles. The number of ether oxygens (including phenoxy) is 2. The van der Waals surface area contributed by atoms with Crippen LogP contribution in [0.25, 0.3) is 10.8 Å². The number of nitrogens with two attached hydrogens (primary N) is 2. The zero-order valence-corrected chi connectivity index (χ0v) is 25.2. The molecule has 4 rings (SSSR count). The summed E-state index contributed by atoms with van der Waals surface area (Å²) in [4.78, 5) is 57.5. The minimum atomic E-state index is -0.937. The minimum Gasteiger partial charge on any atom is -0.496 e. The first kappa shape index (κ1) is 32.6. The van der Waals surface area contributed by atoms with E-state index in [1.165, 1.54) is 4.90 Å². The summed E-state index contributed by atoms with van der Waals surface area (Å²) in [7, 11) is 1.55. The van der Waals surface area contributed by atoms with Crippen molar-refractivity contribution in [3.05, 3.63) is 72.3 Å². The Bertz CT molecular complexity index is 1530. The Labute approximate surface area is 261 Å². The molecule has 1 fully saturated rings. The van der Waals surface area contributed by atoms with Crippen LogP contribution in [0.1, 0.15) is 31.2 Å². The molecule has 7 N–H and O–H groups in total. The van der Waals surface area contributed by atoms with Crippen LogP contribution in [-0.4, -0.2) is 73.5 Å². The van der Waals surface area contributed by atoms with Crippen LogP contribution < -0.4 is 32.2 Å². The van der Waals surface area contributed by atoms with Crippen LogP contribution in [0, 0.1) is 0 Å². The number of fused-ring (bicyclic) bond motifs is 1. The zero-order chi connectivity index (χ0) is 32.2. The van der Waals surface area contributed by atoms with E-state index in [9.17, 15) is 19.2 Å². The molecule has 13 nitrogen and oxygen atoms in total. The van der Waals surface area contributed by atoms with Gasteiger partial charge in [0.05, 0.1) is 7.11 Å². The summed E-state index contributed by atoms with van der Waals surface area (Å²) in [6, 6.07) is 18.6. The van der Waals surface area contributed by atoms with Crippen LogP contribution in [0.4, 0.5) is 10.5 Å². The van der Waals surface area contributed by atoms with Crippen molar-refractivity contribution in [1.29, 1.82) is 0 Å². The molecule has 1 saturated heterocycles. The summed E-state index contributed by atoms with van der Waals surface area (Å²) in [5.41, 5.74) is 12.2. The number of benzene rings is 3. The molecule has 1 heterocycles. The summed E-state index contributed by atoms with van der Waals surface area (Å²) < 4.78 is 10.7. The van der Waals surface area contributed by atoms with Gasteiger partial charge in [0.2, 0.25) is 17.7 Å². The minimum absolute atomic E-state index is 0.0637. The molecule has 2 unspecified atom stereocenters. The number of aliphatic imine (C=N–C) groups is 1. The predicted octanol–water partition coefficient (Wildman–Crippen LogP) is 2.24. The average molecular weight is 618 g/mol. The lowest BCUT2D eigenvalue weighted by atomic mass is 10.1. The van der Waals surface area contributed by atoms with Gasteiger partial charge in [0.25, 0.3) is 0 Å². The van der Waals surface area contributed by atoms with Crippen molar-refractivity contribution in [2.75, 3.05) is 32.1 Å². The second kappa shape index (κ2) is 15.9. The van der Waals surface area contributed by atoms with Crippen LogP contribution in [0.2, 0.25) is 0 Å². The first-order chi connectivity index (χ1) is 21.7. The monoisotopic (exact) mass is 617 g/mol. The fraction of sp³-hybridized carbons (Fsp3) is 0.344. The topological polar surface area (TPSA) is 190 Å². The van der Waals surface area contributed by atoms with Gasteiger partial charge in [-0.1, -0.05) is 54.6 Å². The van der Waals surface area contributed by atoms with Gasteiger partial charge in [-0.3, -0.25) is 19.4 Å². The highest BCUT2D eigenvalue weighted by atomic mass is 16.5. The number of carbonyl (C=O) groups is 4. The molecule has 0 radical (unpaired) electrons. The van der Waals surface area contributed by atoms with Crippen molar-refractivity contribution in [1.82, 2.24) is 15.5 Å². The van der Waals surface area contributed by atoms with Gasteiger partial charge in [-0.15, -0.1) is 0 Å². The van der Waals surface area contributed by atoms with Crippen molar-refractivity contribution >= 4 is 46.2 Å². The average Bonchev–Trinajstić information content (AvgIpc) is 3.54. The largest absolute Gasteiger partial charge is 0.496 e. The Morgan fingerprint density at radius 2 is 1.80 bits per heavy atom. The van der Waals surface area contributed by atoms with E-state index in [4.69, 9.17) is 20.9 Å². The van der Waals surface area contributed by atoms with Gasteiger partial charge in [-0.05, 0) is 42.7 Å². The van der Waals surface area contributed by atoms with Crippen molar-refractivity contribution in [2.24, 2.45) is 16.5 Å². The lowest BCUT2D eigenvalue weighted by Gasteiger charge is -2.26. The lowest BCUT2D eigenvalue weighted by Crippen LogP contribution is -2.53. The van der Waals surface area contributed by atoms with E-state index in [1.54, 1.807) is 13.2 Å². The number of hydrogen-bond acceptors (Lipinski definition) is 7. The molecule has 0 saturated carbocycles. The van der Waals surface area contributed by atoms with Crippen molar-refractivity contribution < 1.29 is 28.7 Å². The maximum absolute atomic E-state index is 13.5. The van der Waals surface area contributed by atoms with E-state index >= 15 is 0 Å². The van der Waals surface area contributed by atoms with Crippen molar-refractivity contribution in [3.8, 4) is 5.75 Å². The second-order valence-electron chi connectivity index (χ2n) is 10.6. The number of rotatable bonds is 13. The number of methoxy groups -OCH3 is 1. The van der Waals surface area contributed by atoms with Gasteiger partial charge in [-0.25, -0.2) is 4.79 Å². The number of likely N-dealkylation sites (tertiary alicyclic amines) is 1. The Morgan fingerprint density at radius 3 is 2.56 bits per heavy atom. The number of hydrogen-bond donors (Lipinski definition) is 5. The standard InChI is InChI=1S/C32H39N7O6/c1-44-27-18-23(17-22-11-5-6-12-24(22)27)37-29(41)25(13-7-15-35-31(33)34)38-30(42)26-14-8-16-39(26)28(40)19-36-32(43)45-20-21-9-3-2-4-10-21/h2-6,9-12,17-18,25-26H,7-8,13-16,19-20H2,1H3,(H,36,43)(H,37,41)(H,38,42)(H4,33,34,35). The first-order valence-electron chi connectivity index (χ1n) is 14.7. The third-order valence-electron chi connectivity index (χ3n) is 7.36. The van der Waals surface area contributed by atoms with Gasteiger partial charge in [0.1, 0.15) is 31.0 Å². The Balaban J connectivity index is 1.38. The summed E-state index contributed by atoms with van der Waals surface area (Å²) in [5, 5.41) is 9.92. The summed E-state index contributed by atoms with van der Waals surface area (Å²) >= 11 is 0. The zero-order valence-electron chi connectivity index (χ0n) is 25.2. The normalized spacial score (nSPS) is 14.7. The SMILES string of the molecule is COc1cc(NC(=O)C(CCCN=C(N)N)NC(=O)C2CCCN2C(=O)CNC(=O)OCc2ccccc2)cc2ccccc12. The molecular formula is C32H39N7O6. The molecule has 3 aromatic carbocycles. The van der Waals surface area contributed by atoms with Crippen LogP contribution in [-0.2, 0) is 25.7 Å². The Hall–Kier alpha value is -5.33. The molecule has 2 atom stereocenters. The summed E-state index contributed by atoms with van der Waals surface area (Å²) in [5.74, 6) is -0.814. The molecule has 1 aliphatic rings. The van der Waals surface area contributed by atoms with Crippen LogP contribution in [0.5, 0.6) is 5.75 Å². The Morgan fingerprint density at radius 1 is 1.04 bits per heavy atom. The number of alkyl carbamates (subject to hydrolysis) is 1. The highest BCUT2D eigenvalue weighted by molar-refractivity contribution is 6.01. The van der Waals surface area contributed by atoms with Crippen LogP contribution in [0.15, 0.2) is 71.7 Å². The van der Waals surface area contributed by atoms with Gasteiger partial charge < -0.3 is 41.8 Å². The lowest BCUT2D eigenvalue weighted by molar-refractivity contribution is -0.138. The van der Waals surface area contributed by atoms with E-state index in [0.717, 1.165) is 16.3 Å². The third-order valence-corrected chi connectivity index (χ3v) is 7.36. The van der Waals surface area contributed by atoms with Crippen molar-refractivity contribution in [2.45, 2.75) is 44.4 Å². The molecule has 1 aliphatic heterocycles. The number of carbonyl (C=O) groups excluding carboxylic acids is 4. The predicted molar refractivity (Wildman–Crippen MR) is 170 cm³/mol. The van der Waals surface area contributed by atoms with Crippen molar-refractivity contribution in [3.63, 3.8) is 0 Å². The number of anilines is 1. The number of amides is 4. The number of guanidine groups is 1. The van der Waals surface area contributed by atoms with Gasteiger partial charge >= 0.3 is 6.09 Å². The van der Waals surface area contributed by atoms with Gasteiger partial charge in [0.15, 0.2) is 5.96 Å². The van der Waals surface area contributed by atoms with E-state index < -0.39 is 35.9 Å². The molecule has 13 heteroatoms.